The monoisotopic (exact) mass is 1230 g/mol. The molecule has 1 fully saturated rings. The van der Waals surface area contributed by atoms with Crippen molar-refractivity contribution < 1.29 is 113 Å². The largest absolute Gasteiger partial charge is 0.463 e. The minimum atomic E-state index is -2.67. The van der Waals surface area contributed by atoms with Gasteiger partial charge in [0.15, 0.2) is 82.0 Å². The number of H-pyrrole nitrogens is 2. The maximum atomic E-state index is 16.2. The number of aromatic amines is 2. The molecule has 0 saturated carbocycles. The molecule has 87 heavy (non-hydrogen) atoms. The predicted molar refractivity (Wildman–Crippen MR) is 273 cm³/mol. The number of rotatable bonds is 11. The molecule has 4 aromatic carbocycles. The number of nitrogens with one attached hydrogen (secondary N) is 2. The van der Waals surface area contributed by atoms with E-state index in [0.717, 1.165) is 76.3 Å². The summed E-state index contributed by atoms with van der Waals surface area (Å²) >= 11 is 0. The number of benzene rings is 4. The van der Waals surface area contributed by atoms with E-state index in [1.807, 2.05) is 0 Å². The molecular formula is C58H33F15N4O10. The first kappa shape index (κ1) is 60.2. The van der Waals surface area contributed by atoms with Crippen LogP contribution in [0, 0.1) is 87.3 Å². The van der Waals surface area contributed by atoms with E-state index in [-0.39, 0.29) is 28.1 Å². The fraction of sp³-hybridized carbons (Fsp3) is 0.172. The molecule has 0 amide bonds. The fourth-order valence-electron chi connectivity index (χ4n) is 9.91. The summed E-state index contributed by atoms with van der Waals surface area (Å²) in [4.78, 5) is 63.4. The van der Waals surface area contributed by atoms with Gasteiger partial charge in [-0.25, -0.2) is 75.8 Å². The van der Waals surface area contributed by atoms with E-state index < -0.39 is 215 Å². The van der Waals surface area contributed by atoms with Gasteiger partial charge in [-0.05, 0) is 66.3 Å². The highest BCUT2D eigenvalue weighted by Gasteiger charge is 2.53. The van der Waals surface area contributed by atoms with Crippen LogP contribution in [-0.4, -0.2) is 81.1 Å². The number of hydrogen-bond donors (Lipinski definition) is 2. The van der Waals surface area contributed by atoms with Crippen LogP contribution in [0.4, 0.5) is 65.9 Å². The zero-order valence-corrected chi connectivity index (χ0v) is 44.2. The number of halogens is 15. The molecule has 10 rings (SSSR count). The predicted octanol–water partition coefficient (Wildman–Crippen LogP) is 12.9. The van der Waals surface area contributed by atoms with E-state index in [9.17, 15) is 32.3 Å². The Morgan fingerprint density at radius 3 is 1.11 bits per heavy atom. The third-order valence-electron chi connectivity index (χ3n) is 13.5. The van der Waals surface area contributed by atoms with Gasteiger partial charge in [0.2, 0.25) is 29.8 Å². The topological polar surface area (TPSA) is 181 Å². The lowest BCUT2D eigenvalue weighted by Gasteiger charge is -2.43. The molecule has 3 aromatic heterocycles. The van der Waals surface area contributed by atoms with Gasteiger partial charge in [-0.2, -0.15) is 0 Å². The number of fused-ring (bicyclic) bond motifs is 8. The van der Waals surface area contributed by atoms with Crippen LogP contribution in [-0.2, 0) is 42.9 Å². The second kappa shape index (κ2) is 23.2. The number of carbonyl (C=O) groups excluding carboxylic acids is 4. The summed E-state index contributed by atoms with van der Waals surface area (Å²) in [6.45, 7) is 3.18. The molecule has 14 nitrogen and oxygen atoms in total. The fourth-order valence-corrected chi connectivity index (χ4v) is 9.91. The first-order valence-electron chi connectivity index (χ1n) is 25.0. The number of hydrogen-bond acceptors (Lipinski definition) is 12. The van der Waals surface area contributed by atoms with Crippen molar-refractivity contribution >= 4 is 70.2 Å². The van der Waals surface area contributed by atoms with Gasteiger partial charge in [-0.3, -0.25) is 19.2 Å². The van der Waals surface area contributed by atoms with Crippen LogP contribution in [0.1, 0.15) is 50.5 Å². The Balaban J connectivity index is 1.32. The van der Waals surface area contributed by atoms with E-state index in [2.05, 4.69) is 19.9 Å². The Hall–Kier alpha value is -9.93. The van der Waals surface area contributed by atoms with Crippen LogP contribution >= 0.6 is 0 Å². The Bertz CT molecular complexity index is 4220. The molecule has 4 unspecified atom stereocenters. The SMILES string of the molecule is CC(=O)OCC1OC(Oc2cccc(-c3c4nc(c(-c5c(F)c(F)c(F)c(F)c5F)c5ccc([nH]5)c(-c5c(F)c(F)c(F)c(F)c5F)c5nc(c(-c6c(F)c(F)c(F)c(F)c6F)c6ccc3[nH]6)C=C5)C=C4)c2)C(OC(C)=O)C(OC(C)=O)[C@@H]1OC(C)=O. The van der Waals surface area contributed by atoms with Crippen LogP contribution in [0.2, 0.25) is 0 Å². The van der Waals surface area contributed by atoms with Gasteiger partial charge in [-0.1, -0.05) is 12.1 Å². The highest BCUT2D eigenvalue weighted by Crippen LogP contribution is 2.44. The Kier molecular flexibility index (Phi) is 16.0. The third-order valence-corrected chi connectivity index (χ3v) is 13.5. The van der Waals surface area contributed by atoms with Crippen molar-refractivity contribution in [3.05, 3.63) is 159 Å². The first-order chi connectivity index (χ1) is 41.2. The summed E-state index contributed by atoms with van der Waals surface area (Å²) in [6, 6.07) is 8.62. The van der Waals surface area contributed by atoms with Crippen LogP contribution in [0.5, 0.6) is 5.75 Å². The van der Waals surface area contributed by atoms with Crippen molar-refractivity contribution in [3.63, 3.8) is 0 Å². The van der Waals surface area contributed by atoms with E-state index in [0.29, 0.717) is 0 Å². The van der Waals surface area contributed by atoms with Gasteiger partial charge < -0.3 is 38.4 Å². The second-order valence-corrected chi connectivity index (χ2v) is 19.1. The molecule has 5 atom stereocenters. The minimum Gasteiger partial charge on any atom is -0.463 e. The molecule has 7 aromatic rings. The molecule has 3 aliphatic rings. The standard InChI is InChI=1S/C58H33F15N4O10/c1-18(78)82-17-32-55(83-19(2)79)56(84-20(3)80)57(85-21(4)81)58(87-32)86-23-7-5-6-22(16-23)33-24-8-10-26(74-24)34(37-40(59)46(65)52(71)47(66)41(37)60)28-12-14-30(76-28)36(39-44(63)50(69)54(73)51(70)45(39)64)31-15-13-29(77-31)35(27-11-9-25(33)75-27)38-42(61)48(67)53(72)49(68)43(38)62/h5-16,32,55-58,74,77H,17H2,1-4H3/t32?,55-,56?,57?,58?/m1/s1. The molecule has 29 heteroatoms. The zero-order valence-electron chi connectivity index (χ0n) is 44.2. The highest BCUT2D eigenvalue weighted by atomic mass is 19.2. The zero-order chi connectivity index (χ0) is 62.9. The molecule has 450 valence electrons. The molecule has 0 spiro atoms. The van der Waals surface area contributed by atoms with Gasteiger partial charge in [0.25, 0.3) is 0 Å². The lowest BCUT2D eigenvalue weighted by atomic mass is 9.98. The van der Waals surface area contributed by atoms with Crippen LogP contribution in [0.15, 0.2) is 48.5 Å². The molecule has 0 radical (unpaired) electrons. The van der Waals surface area contributed by atoms with Crippen molar-refractivity contribution in [1.82, 2.24) is 19.9 Å². The van der Waals surface area contributed by atoms with Gasteiger partial charge in [0, 0.05) is 72.0 Å². The van der Waals surface area contributed by atoms with Crippen molar-refractivity contribution in [3.8, 4) is 50.3 Å². The van der Waals surface area contributed by atoms with Gasteiger partial charge in [0.05, 0.1) is 39.5 Å². The average molecular weight is 1230 g/mol. The van der Waals surface area contributed by atoms with Crippen molar-refractivity contribution in [2.45, 2.75) is 58.4 Å². The second-order valence-electron chi connectivity index (χ2n) is 19.1. The first-order valence-corrected chi connectivity index (χ1v) is 25.0. The lowest BCUT2D eigenvalue weighted by molar-refractivity contribution is -0.288. The molecular weight excluding hydrogens is 1200 g/mol. The smallest absolute Gasteiger partial charge is 0.303 e. The molecule has 6 heterocycles. The molecule has 0 aliphatic carbocycles. The molecule has 1 saturated heterocycles. The summed E-state index contributed by atoms with van der Waals surface area (Å²) in [5.74, 6) is -42.2. The van der Waals surface area contributed by atoms with Crippen molar-refractivity contribution in [2.24, 2.45) is 0 Å². The Labute approximate surface area is 476 Å². The van der Waals surface area contributed by atoms with Crippen LogP contribution < -0.4 is 4.74 Å². The minimum absolute atomic E-state index is 0.106. The highest BCUT2D eigenvalue weighted by molar-refractivity contribution is 6.00. The third kappa shape index (κ3) is 10.7. The normalized spacial score (nSPS) is 17.1. The number of carbonyl (C=O) groups is 4. The average Bonchev–Trinajstić information content (AvgIpc) is 1.79. The number of nitrogens with zero attached hydrogens (tertiary/aromatic N) is 2. The van der Waals surface area contributed by atoms with E-state index in [1.165, 1.54) is 24.3 Å². The maximum absolute atomic E-state index is 16.2. The summed E-state index contributed by atoms with van der Waals surface area (Å²) in [5.41, 5.74) is -14.2. The van der Waals surface area contributed by atoms with Crippen LogP contribution in [0.25, 0.3) is 90.9 Å². The van der Waals surface area contributed by atoms with E-state index in [1.54, 1.807) is 0 Å². The number of esters is 4. The molecule has 2 N–H and O–H groups in total. The molecule has 3 aliphatic heterocycles. The summed E-state index contributed by atoms with van der Waals surface area (Å²) in [6.07, 6.45) is -5.14. The van der Waals surface area contributed by atoms with Crippen LogP contribution in [0.3, 0.4) is 0 Å². The maximum Gasteiger partial charge on any atom is 0.303 e. The lowest BCUT2D eigenvalue weighted by Crippen LogP contribution is -2.63. The molecule has 8 bridgehead atoms. The number of ether oxygens (including phenoxy) is 6. The van der Waals surface area contributed by atoms with Gasteiger partial charge in [0.1, 0.15) is 18.5 Å². The number of aromatic nitrogens is 4. The van der Waals surface area contributed by atoms with Crippen molar-refractivity contribution in [2.75, 3.05) is 6.61 Å². The Morgan fingerprint density at radius 1 is 0.414 bits per heavy atom. The Morgan fingerprint density at radius 2 is 0.747 bits per heavy atom. The summed E-state index contributed by atoms with van der Waals surface area (Å²) < 4.78 is 267. The summed E-state index contributed by atoms with van der Waals surface area (Å²) in [5, 5.41) is 0. The quantitative estimate of drug-likeness (QED) is 0.0412. The van der Waals surface area contributed by atoms with Gasteiger partial charge in [-0.15, -0.1) is 0 Å². The van der Waals surface area contributed by atoms with Crippen molar-refractivity contribution in [1.29, 1.82) is 0 Å². The van der Waals surface area contributed by atoms with Gasteiger partial charge >= 0.3 is 23.9 Å². The summed E-state index contributed by atoms with van der Waals surface area (Å²) in [7, 11) is 0. The van der Waals surface area contributed by atoms with E-state index >= 15 is 52.7 Å². The van der Waals surface area contributed by atoms with E-state index in [4.69, 9.17) is 28.4 Å².